The predicted molar refractivity (Wildman–Crippen MR) is 160 cm³/mol. The summed E-state index contributed by atoms with van der Waals surface area (Å²) < 4.78 is 12.9. The highest BCUT2D eigenvalue weighted by atomic mass is 16.6. The number of anilines is 2. The summed E-state index contributed by atoms with van der Waals surface area (Å²) in [5.41, 5.74) is -0.975. The second-order valence-electron chi connectivity index (χ2n) is 13.2. The summed E-state index contributed by atoms with van der Waals surface area (Å²) in [7, 11) is 0. The van der Waals surface area contributed by atoms with Crippen LogP contribution in [0.2, 0.25) is 0 Å². The van der Waals surface area contributed by atoms with Crippen molar-refractivity contribution in [3.05, 3.63) is 42.2 Å². The van der Waals surface area contributed by atoms with Gasteiger partial charge in [-0.25, -0.2) is 14.8 Å². The summed E-state index contributed by atoms with van der Waals surface area (Å²) in [6.45, 7) is 9.04. The van der Waals surface area contributed by atoms with E-state index in [1.807, 2.05) is 20.8 Å². The molecule has 3 heterocycles. The molecule has 0 aliphatic heterocycles. The zero-order valence-corrected chi connectivity index (χ0v) is 25.7. The summed E-state index contributed by atoms with van der Waals surface area (Å²) in [5, 5.41) is 27.6. The van der Waals surface area contributed by atoms with E-state index in [4.69, 9.17) is 9.15 Å². The van der Waals surface area contributed by atoms with Crippen LogP contribution in [-0.4, -0.2) is 60.1 Å². The SMILES string of the molecule is CC(C)(C)OC(=O)N(CC1CC1)c1cc(-c2nc(C(=O)Nc3cn(C4CCCC(C(=O)O)C4)nc3C(C)(C)O)co2)ccn1. The number of nitrogens with one attached hydrogen (secondary N) is 1. The molecule has 13 heteroatoms. The first-order valence-corrected chi connectivity index (χ1v) is 15.0. The van der Waals surface area contributed by atoms with Gasteiger partial charge in [-0.1, -0.05) is 6.42 Å². The molecule has 0 saturated heterocycles. The van der Waals surface area contributed by atoms with Gasteiger partial charge < -0.3 is 24.7 Å². The first-order valence-electron chi connectivity index (χ1n) is 15.0. The molecule has 2 aliphatic carbocycles. The molecule has 44 heavy (non-hydrogen) atoms. The van der Waals surface area contributed by atoms with Crippen molar-refractivity contribution in [1.82, 2.24) is 19.7 Å². The van der Waals surface area contributed by atoms with Gasteiger partial charge in [0.15, 0.2) is 5.69 Å². The van der Waals surface area contributed by atoms with E-state index in [1.165, 1.54) is 11.2 Å². The van der Waals surface area contributed by atoms with Gasteiger partial charge in [0, 0.05) is 24.5 Å². The number of pyridine rings is 1. The molecule has 3 aromatic heterocycles. The maximum atomic E-state index is 13.3. The smallest absolute Gasteiger partial charge is 0.416 e. The molecule has 2 fully saturated rings. The van der Waals surface area contributed by atoms with Crippen LogP contribution < -0.4 is 10.2 Å². The number of carbonyl (C=O) groups is 3. The zero-order chi connectivity index (χ0) is 31.8. The lowest BCUT2D eigenvalue weighted by Crippen LogP contribution is -2.38. The van der Waals surface area contributed by atoms with Gasteiger partial charge in [0.25, 0.3) is 5.91 Å². The van der Waals surface area contributed by atoms with Crippen LogP contribution in [0.15, 0.2) is 35.2 Å². The Morgan fingerprint density at radius 3 is 2.57 bits per heavy atom. The lowest BCUT2D eigenvalue weighted by Gasteiger charge is -2.27. The minimum Gasteiger partial charge on any atom is -0.481 e. The largest absolute Gasteiger partial charge is 0.481 e. The summed E-state index contributed by atoms with van der Waals surface area (Å²) in [6.07, 6.45) is 8.51. The molecule has 2 amide bonds. The van der Waals surface area contributed by atoms with Crippen molar-refractivity contribution in [2.24, 2.45) is 11.8 Å². The predicted octanol–water partition coefficient (Wildman–Crippen LogP) is 5.38. The highest BCUT2D eigenvalue weighted by Crippen LogP contribution is 2.36. The van der Waals surface area contributed by atoms with Crippen molar-refractivity contribution < 1.29 is 33.8 Å². The van der Waals surface area contributed by atoms with Crippen LogP contribution in [0.5, 0.6) is 0 Å². The third kappa shape index (κ3) is 7.44. The zero-order valence-electron chi connectivity index (χ0n) is 25.7. The third-order valence-electron chi connectivity index (χ3n) is 7.69. The quantitative estimate of drug-likeness (QED) is 0.286. The van der Waals surface area contributed by atoms with E-state index in [0.29, 0.717) is 42.4 Å². The second kappa shape index (κ2) is 12.0. The number of amides is 2. The number of carbonyl (C=O) groups excluding carboxylic acids is 2. The van der Waals surface area contributed by atoms with E-state index in [2.05, 4.69) is 20.4 Å². The second-order valence-corrected chi connectivity index (χ2v) is 13.2. The maximum absolute atomic E-state index is 13.3. The molecular weight excluding hydrogens is 568 g/mol. The fourth-order valence-corrected chi connectivity index (χ4v) is 5.28. The number of rotatable bonds is 9. The Labute approximate surface area is 255 Å². The molecular formula is C31H40N6O7. The molecule has 3 N–H and O–H groups in total. The van der Waals surface area contributed by atoms with Gasteiger partial charge in [0.05, 0.1) is 17.6 Å². The fourth-order valence-electron chi connectivity index (χ4n) is 5.28. The van der Waals surface area contributed by atoms with Crippen LogP contribution in [0.25, 0.3) is 11.5 Å². The van der Waals surface area contributed by atoms with Crippen LogP contribution in [-0.2, 0) is 15.1 Å². The normalized spacial score (nSPS) is 19.0. The topological polar surface area (TPSA) is 173 Å². The van der Waals surface area contributed by atoms with Crippen LogP contribution in [0.4, 0.5) is 16.3 Å². The average molecular weight is 609 g/mol. The molecule has 236 valence electrons. The van der Waals surface area contributed by atoms with Gasteiger partial charge in [-0.3, -0.25) is 19.2 Å². The molecule has 3 aromatic rings. The number of ether oxygens (including phenoxy) is 1. The molecule has 13 nitrogen and oxygen atoms in total. The van der Waals surface area contributed by atoms with Crippen LogP contribution in [0, 0.1) is 11.8 Å². The van der Waals surface area contributed by atoms with Crippen LogP contribution >= 0.6 is 0 Å². The lowest BCUT2D eigenvalue weighted by molar-refractivity contribution is -0.143. The Kier molecular flexibility index (Phi) is 8.52. The summed E-state index contributed by atoms with van der Waals surface area (Å²) in [4.78, 5) is 48.1. The number of carboxylic acid groups (broad SMARTS) is 1. The van der Waals surface area contributed by atoms with E-state index < -0.39 is 35.1 Å². The van der Waals surface area contributed by atoms with E-state index in [9.17, 15) is 24.6 Å². The van der Waals surface area contributed by atoms with Crippen LogP contribution in [0.3, 0.4) is 0 Å². The number of carboxylic acids is 1. The van der Waals surface area contributed by atoms with E-state index in [1.54, 1.807) is 43.1 Å². The number of aliphatic hydroxyl groups is 1. The number of hydrogen-bond acceptors (Lipinski definition) is 9. The standard InChI is InChI=1S/C31H40N6O7/c1-30(2,3)44-29(41)36(15-18-9-10-18)24-14-19(11-12-32-24)27-34-23(17-43-27)26(38)33-22-16-37(35-25(22)31(4,5)42)21-8-6-7-20(13-21)28(39)40/h11-12,14,16-18,20-21,42H,6-10,13,15H2,1-5H3,(H,33,38)(H,39,40). The Morgan fingerprint density at radius 1 is 1.16 bits per heavy atom. The first-order chi connectivity index (χ1) is 20.7. The number of aromatic nitrogens is 4. The summed E-state index contributed by atoms with van der Waals surface area (Å²) in [6, 6.07) is 3.17. The van der Waals surface area contributed by atoms with Gasteiger partial charge in [0.2, 0.25) is 5.89 Å². The Bertz CT molecular complexity index is 1530. The number of oxazole rings is 1. The first kappa shape index (κ1) is 31.2. The maximum Gasteiger partial charge on any atom is 0.416 e. The molecule has 5 rings (SSSR count). The number of nitrogens with zero attached hydrogens (tertiary/aromatic N) is 5. The lowest BCUT2D eigenvalue weighted by atomic mass is 9.86. The fraction of sp³-hybridized carbons (Fsp3) is 0.548. The van der Waals surface area contributed by atoms with Crippen molar-refractivity contribution in [3.8, 4) is 11.5 Å². The van der Waals surface area contributed by atoms with Crippen molar-refractivity contribution in [1.29, 1.82) is 0 Å². The minimum absolute atomic E-state index is 0.00149. The van der Waals surface area contributed by atoms with Gasteiger partial charge in [-0.2, -0.15) is 5.10 Å². The van der Waals surface area contributed by atoms with Crippen molar-refractivity contribution in [3.63, 3.8) is 0 Å². The summed E-state index contributed by atoms with van der Waals surface area (Å²) >= 11 is 0. The minimum atomic E-state index is -1.38. The Hall–Kier alpha value is -4.26. The van der Waals surface area contributed by atoms with Crippen molar-refractivity contribution >= 4 is 29.5 Å². The van der Waals surface area contributed by atoms with E-state index in [0.717, 1.165) is 25.7 Å². The van der Waals surface area contributed by atoms with Crippen molar-refractivity contribution in [2.75, 3.05) is 16.8 Å². The third-order valence-corrected chi connectivity index (χ3v) is 7.69. The molecule has 2 saturated carbocycles. The van der Waals surface area contributed by atoms with Crippen LogP contribution in [0.1, 0.15) is 95.4 Å². The Balaban J connectivity index is 1.35. The molecule has 0 bridgehead atoms. The van der Waals surface area contributed by atoms with E-state index in [-0.39, 0.29) is 23.3 Å². The van der Waals surface area contributed by atoms with Gasteiger partial charge in [-0.15, -0.1) is 0 Å². The van der Waals surface area contributed by atoms with Gasteiger partial charge in [-0.05, 0) is 84.8 Å². The molecule has 0 aromatic carbocycles. The molecule has 2 atom stereocenters. The molecule has 2 aliphatic rings. The Morgan fingerprint density at radius 2 is 1.91 bits per heavy atom. The molecule has 0 spiro atoms. The van der Waals surface area contributed by atoms with Gasteiger partial charge >= 0.3 is 12.1 Å². The van der Waals surface area contributed by atoms with Gasteiger partial charge in [0.1, 0.15) is 29.0 Å². The van der Waals surface area contributed by atoms with Crippen molar-refractivity contribution in [2.45, 2.75) is 90.4 Å². The number of aliphatic carboxylic acids is 1. The number of hydrogen-bond donors (Lipinski definition) is 3. The highest BCUT2D eigenvalue weighted by molar-refractivity contribution is 6.03. The summed E-state index contributed by atoms with van der Waals surface area (Å²) in [5.74, 6) is -0.927. The molecule has 2 unspecified atom stereocenters. The van der Waals surface area contributed by atoms with E-state index >= 15 is 0 Å². The monoisotopic (exact) mass is 608 g/mol. The average Bonchev–Trinajstić information content (AvgIpc) is 3.44. The highest BCUT2D eigenvalue weighted by Gasteiger charge is 2.33. The molecule has 0 radical (unpaired) electrons.